The van der Waals surface area contributed by atoms with Crippen molar-refractivity contribution >= 4 is 5.97 Å². The fourth-order valence-electron chi connectivity index (χ4n) is 3.89. The summed E-state index contributed by atoms with van der Waals surface area (Å²) in [6.45, 7) is 1.93. The maximum Gasteiger partial charge on any atom is 0.306 e. The van der Waals surface area contributed by atoms with Crippen molar-refractivity contribution in [3.63, 3.8) is 0 Å². The topological polar surface area (TPSA) is 57.5 Å². The second-order valence-corrected chi connectivity index (χ2v) is 7.01. The average Bonchev–Trinajstić information content (AvgIpc) is 2.99. The molecule has 0 heterocycles. The minimum atomic E-state index is -1.55. The van der Waals surface area contributed by atoms with Crippen LogP contribution in [0.2, 0.25) is 0 Å². The van der Waals surface area contributed by atoms with E-state index < -0.39 is 11.6 Å². The van der Waals surface area contributed by atoms with Crippen molar-refractivity contribution < 1.29 is 15.0 Å². The van der Waals surface area contributed by atoms with E-state index in [9.17, 15) is 15.0 Å². The molecule has 0 saturated carbocycles. The van der Waals surface area contributed by atoms with Gasteiger partial charge in [-0.25, -0.2) is 0 Å². The van der Waals surface area contributed by atoms with Gasteiger partial charge in [0.2, 0.25) is 0 Å². The lowest BCUT2D eigenvalue weighted by Crippen LogP contribution is -2.30. The predicted molar refractivity (Wildman–Crippen MR) is 101 cm³/mol. The number of aliphatic hydroxyl groups is 1. The minimum absolute atomic E-state index is 0.373. The molecule has 4 rings (SSSR count). The van der Waals surface area contributed by atoms with Gasteiger partial charge >= 0.3 is 5.97 Å². The molecule has 0 spiro atoms. The number of carbonyl (C=O) groups is 1. The highest BCUT2D eigenvalue weighted by atomic mass is 16.4. The number of aryl methyl sites for hydroxylation is 1. The van der Waals surface area contributed by atoms with E-state index in [1.807, 2.05) is 55.5 Å². The van der Waals surface area contributed by atoms with Gasteiger partial charge in [-0.15, -0.1) is 0 Å². The Hall–Kier alpha value is -2.91. The highest BCUT2D eigenvalue weighted by Crippen LogP contribution is 2.40. The van der Waals surface area contributed by atoms with E-state index in [0.29, 0.717) is 11.1 Å². The van der Waals surface area contributed by atoms with Crippen molar-refractivity contribution in [3.05, 3.63) is 94.5 Å². The fraction of sp³-hybridized carbons (Fsp3) is 0.174. The van der Waals surface area contributed by atoms with E-state index >= 15 is 0 Å². The van der Waals surface area contributed by atoms with E-state index in [2.05, 4.69) is 12.1 Å². The van der Waals surface area contributed by atoms with Crippen molar-refractivity contribution in [1.29, 1.82) is 0 Å². The molecular formula is C23H20O3. The standard InChI is InChI=1S/C23H20O3/c1-15-5-4-7-18(11-15)23(26,14-22(24)25)19-9-10-21-17(13-19)12-16-6-2-3-8-20(16)21/h2-11,13,26H,12,14H2,1H3,(H,24,25)/t23-/m1/s1. The van der Waals surface area contributed by atoms with E-state index in [-0.39, 0.29) is 6.42 Å². The lowest BCUT2D eigenvalue weighted by molar-refractivity contribution is -0.141. The molecule has 26 heavy (non-hydrogen) atoms. The number of hydrogen-bond donors (Lipinski definition) is 2. The van der Waals surface area contributed by atoms with Gasteiger partial charge in [0, 0.05) is 0 Å². The van der Waals surface area contributed by atoms with E-state index in [1.54, 1.807) is 6.07 Å². The van der Waals surface area contributed by atoms with E-state index in [4.69, 9.17) is 0 Å². The third-order valence-electron chi connectivity index (χ3n) is 5.17. The zero-order valence-electron chi connectivity index (χ0n) is 14.6. The van der Waals surface area contributed by atoms with Crippen LogP contribution in [0.4, 0.5) is 0 Å². The van der Waals surface area contributed by atoms with Gasteiger partial charge in [-0.1, -0.05) is 72.3 Å². The minimum Gasteiger partial charge on any atom is -0.481 e. The first-order chi connectivity index (χ1) is 12.5. The van der Waals surface area contributed by atoms with Crippen LogP contribution >= 0.6 is 0 Å². The number of carboxylic acid groups (broad SMARTS) is 1. The molecule has 0 saturated heterocycles. The summed E-state index contributed by atoms with van der Waals surface area (Å²) < 4.78 is 0. The zero-order chi connectivity index (χ0) is 18.3. The van der Waals surface area contributed by atoms with Crippen LogP contribution in [0.1, 0.15) is 34.2 Å². The number of fused-ring (bicyclic) bond motifs is 3. The SMILES string of the molecule is Cc1cccc([C@](O)(CC(=O)O)c2ccc3c(c2)Cc2ccccc2-3)c1. The first kappa shape index (κ1) is 16.6. The molecule has 1 aliphatic rings. The largest absolute Gasteiger partial charge is 0.481 e. The Kier molecular flexibility index (Phi) is 3.89. The second-order valence-electron chi connectivity index (χ2n) is 7.01. The van der Waals surface area contributed by atoms with Crippen LogP contribution < -0.4 is 0 Å². The molecule has 1 aliphatic carbocycles. The monoisotopic (exact) mass is 344 g/mol. The van der Waals surface area contributed by atoms with Crippen molar-refractivity contribution in [2.45, 2.75) is 25.4 Å². The summed E-state index contributed by atoms with van der Waals surface area (Å²) >= 11 is 0. The van der Waals surface area contributed by atoms with Gasteiger partial charge in [0.15, 0.2) is 0 Å². The Morgan fingerprint density at radius 3 is 2.42 bits per heavy atom. The molecule has 0 unspecified atom stereocenters. The third-order valence-corrected chi connectivity index (χ3v) is 5.17. The molecule has 2 N–H and O–H groups in total. The highest BCUT2D eigenvalue weighted by Gasteiger charge is 2.35. The summed E-state index contributed by atoms with van der Waals surface area (Å²) in [6.07, 6.45) is 0.429. The maximum absolute atomic E-state index is 11.5. The predicted octanol–water partition coefficient (Wildman–Crippen LogP) is 4.28. The van der Waals surface area contributed by atoms with Crippen molar-refractivity contribution in [2.24, 2.45) is 0 Å². The Morgan fingerprint density at radius 1 is 0.923 bits per heavy atom. The molecule has 3 heteroatoms. The maximum atomic E-state index is 11.5. The molecule has 0 amide bonds. The molecule has 0 aliphatic heterocycles. The third kappa shape index (κ3) is 2.71. The smallest absolute Gasteiger partial charge is 0.306 e. The van der Waals surface area contributed by atoms with Crippen molar-refractivity contribution in [1.82, 2.24) is 0 Å². The van der Waals surface area contributed by atoms with Gasteiger partial charge in [0.05, 0.1) is 6.42 Å². The van der Waals surface area contributed by atoms with Gasteiger partial charge in [0.1, 0.15) is 5.60 Å². The van der Waals surface area contributed by atoms with Crippen LogP contribution in [0.25, 0.3) is 11.1 Å². The molecule has 3 aromatic carbocycles. The van der Waals surface area contributed by atoms with Gasteiger partial charge in [-0.3, -0.25) is 4.79 Å². The number of aliphatic carboxylic acids is 1. The van der Waals surface area contributed by atoms with Gasteiger partial charge < -0.3 is 10.2 Å². The molecule has 0 radical (unpaired) electrons. The zero-order valence-corrected chi connectivity index (χ0v) is 14.6. The van der Waals surface area contributed by atoms with Gasteiger partial charge in [-0.2, -0.15) is 0 Å². The average molecular weight is 344 g/mol. The Balaban J connectivity index is 1.83. The summed E-state index contributed by atoms with van der Waals surface area (Å²) in [5, 5.41) is 20.8. The summed E-state index contributed by atoms with van der Waals surface area (Å²) in [7, 11) is 0. The second kappa shape index (κ2) is 6.11. The Morgan fingerprint density at radius 2 is 1.65 bits per heavy atom. The van der Waals surface area contributed by atoms with Crippen LogP contribution in [0, 0.1) is 6.92 Å². The molecule has 130 valence electrons. The quantitative estimate of drug-likeness (QED) is 0.581. The van der Waals surface area contributed by atoms with E-state index in [0.717, 1.165) is 23.1 Å². The van der Waals surface area contributed by atoms with Crippen LogP contribution in [0.15, 0.2) is 66.7 Å². The van der Waals surface area contributed by atoms with Crippen LogP contribution in [-0.2, 0) is 16.8 Å². The van der Waals surface area contributed by atoms with Crippen LogP contribution in [0.5, 0.6) is 0 Å². The number of rotatable bonds is 4. The lowest BCUT2D eigenvalue weighted by Gasteiger charge is -2.28. The summed E-state index contributed by atoms with van der Waals surface area (Å²) in [6, 6.07) is 21.5. The molecule has 0 aromatic heterocycles. The molecule has 3 nitrogen and oxygen atoms in total. The van der Waals surface area contributed by atoms with Crippen LogP contribution in [-0.4, -0.2) is 16.2 Å². The fourth-order valence-corrected chi connectivity index (χ4v) is 3.89. The first-order valence-electron chi connectivity index (χ1n) is 8.70. The molecule has 0 bridgehead atoms. The normalized spacial score (nSPS) is 14.4. The lowest BCUT2D eigenvalue weighted by atomic mass is 9.82. The van der Waals surface area contributed by atoms with Crippen LogP contribution in [0.3, 0.4) is 0 Å². The highest BCUT2D eigenvalue weighted by molar-refractivity contribution is 5.77. The molecular weight excluding hydrogens is 324 g/mol. The van der Waals surface area contributed by atoms with E-state index in [1.165, 1.54) is 11.1 Å². The summed E-state index contributed by atoms with van der Waals surface area (Å²) in [5.41, 5.74) is 5.42. The Bertz CT molecular complexity index is 1010. The number of carboxylic acids is 1. The number of hydrogen-bond acceptors (Lipinski definition) is 2. The number of benzene rings is 3. The first-order valence-corrected chi connectivity index (χ1v) is 8.70. The van der Waals surface area contributed by atoms with Crippen molar-refractivity contribution in [3.8, 4) is 11.1 Å². The van der Waals surface area contributed by atoms with Gasteiger partial charge in [0.25, 0.3) is 0 Å². The summed E-state index contributed by atoms with van der Waals surface area (Å²) in [4.78, 5) is 11.5. The summed E-state index contributed by atoms with van der Waals surface area (Å²) in [5.74, 6) is -1.03. The molecule has 0 fully saturated rings. The molecule has 3 aromatic rings. The molecule has 1 atom stereocenters. The van der Waals surface area contributed by atoms with Gasteiger partial charge in [-0.05, 0) is 46.7 Å². The Labute approximate surface area is 152 Å². The van der Waals surface area contributed by atoms with Crippen molar-refractivity contribution in [2.75, 3.05) is 0 Å².